The first-order valence-corrected chi connectivity index (χ1v) is 12.9. The van der Waals surface area contributed by atoms with Crippen LogP contribution >= 0.6 is 0 Å². The molecule has 0 spiro atoms. The topological polar surface area (TPSA) is 111 Å². The van der Waals surface area contributed by atoms with Crippen LogP contribution in [0.4, 0.5) is 22.9 Å². The van der Waals surface area contributed by atoms with E-state index >= 15 is 0 Å². The van der Waals surface area contributed by atoms with Gasteiger partial charge in [-0.2, -0.15) is 9.78 Å². The maximum Gasteiger partial charge on any atom is 0.255 e. The fourth-order valence-electron chi connectivity index (χ4n) is 4.57. The third kappa shape index (κ3) is 5.36. The lowest BCUT2D eigenvalue weighted by Gasteiger charge is -2.30. The van der Waals surface area contributed by atoms with Gasteiger partial charge in [0.05, 0.1) is 61.7 Å². The molecule has 1 fully saturated rings. The SMILES string of the molecule is COc1cc(NC(=O)c2cccc(-n3cc(Nc4cnnn4-c4ccccc4)cn3)c2)ccc1N1CCOCC1. The lowest BCUT2D eigenvalue weighted by atomic mass is 10.1. The molecule has 1 saturated heterocycles. The van der Waals surface area contributed by atoms with E-state index in [1.807, 2.05) is 66.9 Å². The predicted octanol–water partition coefficient (Wildman–Crippen LogP) is 4.29. The Hall–Kier alpha value is -5.16. The van der Waals surface area contributed by atoms with Gasteiger partial charge in [-0.15, -0.1) is 5.10 Å². The van der Waals surface area contributed by atoms with E-state index in [0.717, 1.165) is 35.8 Å². The minimum Gasteiger partial charge on any atom is -0.495 e. The number of nitrogens with one attached hydrogen (secondary N) is 2. The molecule has 6 rings (SSSR count). The van der Waals surface area contributed by atoms with Gasteiger partial charge in [-0.1, -0.05) is 29.5 Å². The molecule has 1 amide bonds. The summed E-state index contributed by atoms with van der Waals surface area (Å²) >= 11 is 0. The van der Waals surface area contributed by atoms with E-state index in [9.17, 15) is 4.79 Å². The molecule has 0 unspecified atom stereocenters. The number of aromatic nitrogens is 5. The third-order valence-corrected chi connectivity index (χ3v) is 6.57. The summed E-state index contributed by atoms with van der Waals surface area (Å²) in [5.74, 6) is 1.18. The van der Waals surface area contributed by atoms with E-state index in [-0.39, 0.29) is 5.91 Å². The molecular formula is C29H28N8O3. The van der Waals surface area contributed by atoms with E-state index < -0.39 is 0 Å². The van der Waals surface area contributed by atoms with Crippen LogP contribution in [0.3, 0.4) is 0 Å². The van der Waals surface area contributed by atoms with Gasteiger partial charge in [0, 0.05) is 30.4 Å². The number of methoxy groups -OCH3 is 1. The van der Waals surface area contributed by atoms with Crippen molar-refractivity contribution < 1.29 is 14.3 Å². The largest absolute Gasteiger partial charge is 0.495 e. The molecule has 40 heavy (non-hydrogen) atoms. The van der Waals surface area contributed by atoms with Gasteiger partial charge in [0.2, 0.25) is 0 Å². The maximum absolute atomic E-state index is 13.1. The highest BCUT2D eigenvalue weighted by Crippen LogP contribution is 2.32. The zero-order valence-electron chi connectivity index (χ0n) is 21.9. The Bertz CT molecular complexity index is 1610. The fourth-order valence-corrected chi connectivity index (χ4v) is 4.57. The summed E-state index contributed by atoms with van der Waals surface area (Å²) in [7, 11) is 1.63. The minimum absolute atomic E-state index is 0.230. The van der Waals surface area contributed by atoms with Crippen molar-refractivity contribution in [3.8, 4) is 17.1 Å². The summed E-state index contributed by atoms with van der Waals surface area (Å²) in [5.41, 5.74) is 4.53. The maximum atomic E-state index is 13.1. The minimum atomic E-state index is -0.230. The number of carbonyl (C=O) groups excluding carboxylic acids is 1. The molecule has 11 nitrogen and oxygen atoms in total. The number of nitrogens with zero attached hydrogens (tertiary/aromatic N) is 6. The standard InChI is InChI=1S/C29H28N8O3/c1-39-27-17-22(10-11-26(27)35-12-14-40-15-13-35)33-29(38)21-6-5-9-25(16-21)36-20-23(18-31-36)32-28-19-30-34-37(28)24-7-3-2-4-8-24/h2-11,16-20,32H,12-15H2,1H3,(H,33,38). The lowest BCUT2D eigenvalue weighted by Crippen LogP contribution is -2.36. The molecule has 0 radical (unpaired) electrons. The molecule has 3 aromatic carbocycles. The van der Waals surface area contributed by atoms with Gasteiger partial charge in [0.1, 0.15) is 5.75 Å². The van der Waals surface area contributed by atoms with Crippen LogP contribution in [0.1, 0.15) is 10.4 Å². The van der Waals surface area contributed by atoms with E-state index in [1.165, 1.54) is 0 Å². The molecule has 1 aliphatic rings. The first kappa shape index (κ1) is 25.1. The molecule has 0 aliphatic carbocycles. The van der Waals surface area contributed by atoms with E-state index in [2.05, 4.69) is 30.9 Å². The van der Waals surface area contributed by atoms with Crippen molar-refractivity contribution in [2.24, 2.45) is 0 Å². The molecule has 0 bridgehead atoms. The van der Waals surface area contributed by atoms with Crippen molar-refractivity contribution in [3.05, 3.63) is 97.0 Å². The number of para-hydroxylation sites is 1. The number of morpholine rings is 1. The second kappa shape index (κ2) is 11.3. The Kier molecular flexibility index (Phi) is 7.10. The molecule has 2 N–H and O–H groups in total. The van der Waals surface area contributed by atoms with Crippen molar-refractivity contribution in [3.63, 3.8) is 0 Å². The average molecular weight is 537 g/mol. The monoisotopic (exact) mass is 536 g/mol. The van der Waals surface area contributed by atoms with Crippen molar-refractivity contribution in [1.29, 1.82) is 0 Å². The summed E-state index contributed by atoms with van der Waals surface area (Å²) in [6, 6.07) is 22.7. The quantitative estimate of drug-likeness (QED) is 0.302. The lowest BCUT2D eigenvalue weighted by molar-refractivity contribution is 0.102. The van der Waals surface area contributed by atoms with Gasteiger partial charge in [-0.25, -0.2) is 4.68 Å². The molecule has 3 heterocycles. The Morgan fingerprint density at radius 2 is 1.75 bits per heavy atom. The summed E-state index contributed by atoms with van der Waals surface area (Å²) in [4.78, 5) is 15.4. The van der Waals surface area contributed by atoms with Gasteiger partial charge < -0.3 is 25.0 Å². The molecule has 5 aromatic rings. The van der Waals surface area contributed by atoms with Crippen LogP contribution in [0.2, 0.25) is 0 Å². The van der Waals surface area contributed by atoms with E-state index in [0.29, 0.717) is 36.0 Å². The summed E-state index contributed by atoms with van der Waals surface area (Å²) in [6.07, 6.45) is 5.20. The van der Waals surface area contributed by atoms with Crippen molar-refractivity contribution >= 4 is 28.8 Å². The summed E-state index contributed by atoms with van der Waals surface area (Å²) in [6.45, 7) is 2.96. The van der Waals surface area contributed by atoms with Gasteiger partial charge in [-0.3, -0.25) is 4.79 Å². The number of anilines is 4. The molecule has 2 aromatic heterocycles. The van der Waals surface area contributed by atoms with Crippen molar-refractivity contribution in [2.45, 2.75) is 0 Å². The zero-order chi connectivity index (χ0) is 27.3. The Morgan fingerprint density at radius 3 is 2.58 bits per heavy atom. The first-order chi connectivity index (χ1) is 19.7. The van der Waals surface area contributed by atoms with Crippen LogP contribution in [0.15, 0.2) is 91.4 Å². The van der Waals surface area contributed by atoms with Crippen LogP contribution in [0.5, 0.6) is 5.75 Å². The van der Waals surface area contributed by atoms with E-state index in [1.54, 1.807) is 41.0 Å². The average Bonchev–Trinajstić information content (AvgIpc) is 3.68. The van der Waals surface area contributed by atoms with Gasteiger partial charge in [0.25, 0.3) is 5.91 Å². The van der Waals surface area contributed by atoms with E-state index in [4.69, 9.17) is 9.47 Å². The number of benzene rings is 3. The Balaban J connectivity index is 1.16. The Morgan fingerprint density at radius 1 is 0.925 bits per heavy atom. The second-order valence-corrected chi connectivity index (χ2v) is 9.16. The van der Waals surface area contributed by atoms with Crippen LogP contribution in [-0.2, 0) is 4.74 Å². The normalized spacial score (nSPS) is 13.2. The highest BCUT2D eigenvalue weighted by molar-refractivity contribution is 6.04. The van der Waals surface area contributed by atoms with Gasteiger partial charge in [0.15, 0.2) is 5.82 Å². The number of amides is 1. The fraction of sp³-hybridized carbons (Fsp3) is 0.172. The second-order valence-electron chi connectivity index (χ2n) is 9.16. The highest BCUT2D eigenvalue weighted by atomic mass is 16.5. The molecule has 202 valence electrons. The Labute approximate surface area is 230 Å². The highest BCUT2D eigenvalue weighted by Gasteiger charge is 2.17. The van der Waals surface area contributed by atoms with Crippen LogP contribution in [0, 0.1) is 0 Å². The number of ether oxygens (including phenoxy) is 2. The third-order valence-electron chi connectivity index (χ3n) is 6.57. The summed E-state index contributed by atoms with van der Waals surface area (Å²) < 4.78 is 14.5. The van der Waals surface area contributed by atoms with Crippen LogP contribution < -0.4 is 20.3 Å². The number of hydrogen-bond acceptors (Lipinski definition) is 8. The molecular weight excluding hydrogens is 508 g/mol. The van der Waals surface area contributed by atoms with Crippen molar-refractivity contribution in [2.75, 3.05) is 48.9 Å². The van der Waals surface area contributed by atoms with Crippen LogP contribution in [-0.4, -0.2) is 64.1 Å². The van der Waals surface area contributed by atoms with Gasteiger partial charge in [-0.05, 0) is 42.5 Å². The molecule has 1 aliphatic heterocycles. The summed E-state index contributed by atoms with van der Waals surface area (Å²) in [5, 5.41) is 19.0. The molecule has 0 saturated carbocycles. The van der Waals surface area contributed by atoms with Gasteiger partial charge >= 0.3 is 0 Å². The van der Waals surface area contributed by atoms with Crippen LogP contribution in [0.25, 0.3) is 11.4 Å². The first-order valence-electron chi connectivity index (χ1n) is 12.9. The smallest absolute Gasteiger partial charge is 0.255 e. The predicted molar refractivity (Wildman–Crippen MR) is 152 cm³/mol. The number of hydrogen-bond donors (Lipinski definition) is 2. The number of rotatable bonds is 8. The number of carbonyl (C=O) groups is 1. The molecule has 11 heteroatoms. The van der Waals surface area contributed by atoms with Crippen molar-refractivity contribution in [1.82, 2.24) is 24.8 Å². The zero-order valence-corrected chi connectivity index (χ0v) is 21.9. The molecule has 0 atom stereocenters.